The van der Waals surface area contributed by atoms with Crippen molar-refractivity contribution in [1.29, 1.82) is 0 Å². The summed E-state index contributed by atoms with van der Waals surface area (Å²) >= 11 is 0. The zero-order chi connectivity index (χ0) is 16.9. The summed E-state index contributed by atoms with van der Waals surface area (Å²) in [6.07, 6.45) is -4.65. The number of anilines is 1. The number of alkyl halides is 3. The van der Waals surface area contributed by atoms with Gasteiger partial charge in [0.2, 0.25) is 0 Å². The molecule has 0 heterocycles. The molecule has 0 aromatic heterocycles. The first-order valence-electron chi connectivity index (χ1n) is 7.20. The average molecular weight is 324 g/mol. The number of halogens is 3. The number of hydrogen-bond donors (Lipinski definition) is 1. The molecule has 0 aliphatic carbocycles. The molecule has 0 fully saturated rings. The van der Waals surface area contributed by atoms with E-state index in [2.05, 4.69) is 15.0 Å². The van der Waals surface area contributed by atoms with Crippen LogP contribution in [0.3, 0.4) is 0 Å². The Morgan fingerprint density at radius 3 is 2.22 bits per heavy atom. The van der Waals surface area contributed by atoms with Crippen LogP contribution in [0.1, 0.15) is 12.5 Å². The van der Waals surface area contributed by atoms with Crippen LogP contribution in [0.15, 0.2) is 54.6 Å². The number of ether oxygens (including phenoxy) is 1. The van der Waals surface area contributed by atoms with Crippen molar-refractivity contribution in [2.45, 2.75) is 26.0 Å². The molecule has 3 nitrogen and oxygen atoms in total. The molecule has 0 aliphatic heterocycles. The Morgan fingerprint density at radius 1 is 1.04 bits per heavy atom. The lowest BCUT2D eigenvalue weighted by Gasteiger charge is -2.26. The van der Waals surface area contributed by atoms with Crippen molar-refractivity contribution in [3.63, 3.8) is 0 Å². The quantitative estimate of drug-likeness (QED) is 0.793. The van der Waals surface area contributed by atoms with Crippen LogP contribution in [0.4, 0.5) is 18.9 Å². The van der Waals surface area contributed by atoms with Gasteiger partial charge in [-0.25, -0.2) is 0 Å². The Labute approximate surface area is 133 Å². The van der Waals surface area contributed by atoms with Crippen LogP contribution in [0.2, 0.25) is 0 Å². The fraction of sp³-hybridized carbons (Fsp3) is 0.294. The lowest BCUT2D eigenvalue weighted by atomic mass is 10.2. The monoisotopic (exact) mass is 324 g/mol. The number of nitrogens with one attached hydrogen (secondary N) is 1. The van der Waals surface area contributed by atoms with E-state index in [1.54, 1.807) is 12.1 Å². The van der Waals surface area contributed by atoms with E-state index < -0.39 is 6.36 Å². The minimum Gasteiger partial charge on any atom is -0.406 e. The summed E-state index contributed by atoms with van der Waals surface area (Å²) in [6, 6.07) is 15.7. The van der Waals surface area contributed by atoms with Crippen LogP contribution in [0.25, 0.3) is 0 Å². The maximum absolute atomic E-state index is 12.1. The molecule has 6 heteroatoms. The molecule has 1 unspecified atom stereocenters. The third kappa shape index (κ3) is 5.83. The molecule has 1 atom stereocenters. The molecule has 2 aromatic carbocycles. The highest BCUT2D eigenvalue weighted by molar-refractivity contribution is 5.46. The lowest BCUT2D eigenvalue weighted by molar-refractivity contribution is -0.274. The van der Waals surface area contributed by atoms with Gasteiger partial charge < -0.3 is 10.1 Å². The zero-order valence-corrected chi connectivity index (χ0v) is 13.0. The first-order valence-corrected chi connectivity index (χ1v) is 7.20. The Hall–Kier alpha value is -2.21. The van der Waals surface area contributed by atoms with Crippen molar-refractivity contribution in [2.24, 2.45) is 0 Å². The van der Waals surface area contributed by atoms with Gasteiger partial charge in [-0.1, -0.05) is 30.3 Å². The van der Waals surface area contributed by atoms with Crippen molar-refractivity contribution in [3.05, 3.63) is 60.2 Å². The Balaban J connectivity index is 1.90. The molecule has 0 amide bonds. The average Bonchev–Trinajstić information content (AvgIpc) is 2.48. The van der Waals surface area contributed by atoms with Crippen molar-refractivity contribution in [1.82, 2.24) is 4.90 Å². The van der Waals surface area contributed by atoms with E-state index in [0.717, 1.165) is 12.2 Å². The maximum atomic E-state index is 12.1. The Kier molecular flexibility index (Phi) is 5.50. The maximum Gasteiger partial charge on any atom is 0.573 e. The molecule has 0 saturated heterocycles. The summed E-state index contributed by atoms with van der Waals surface area (Å²) in [4.78, 5) is 2.11. The van der Waals surface area contributed by atoms with Crippen LogP contribution < -0.4 is 10.1 Å². The normalized spacial score (nSPS) is 13.0. The van der Waals surface area contributed by atoms with Gasteiger partial charge in [-0.05, 0) is 43.8 Å². The predicted octanol–water partition coefficient (Wildman–Crippen LogP) is 4.48. The van der Waals surface area contributed by atoms with Gasteiger partial charge in [0.15, 0.2) is 0 Å². The third-order valence-electron chi connectivity index (χ3n) is 3.40. The van der Waals surface area contributed by atoms with Gasteiger partial charge in [-0.15, -0.1) is 13.2 Å². The van der Waals surface area contributed by atoms with Gasteiger partial charge in [0, 0.05) is 12.2 Å². The minimum absolute atomic E-state index is 0.0181. The summed E-state index contributed by atoms with van der Waals surface area (Å²) in [5, 5.41) is 3.24. The van der Waals surface area contributed by atoms with E-state index >= 15 is 0 Å². The number of benzene rings is 2. The van der Waals surface area contributed by atoms with Crippen LogP contribution >= 0.6 is 0 Å². The standard InChI is InChI=1S/C17H19F3N2O/c1-13(22(2)12-14-6-4-3-5-7-14)21-15-8-10-16(11-9-15)23-17(18,19)20/h3-11,13,21H,12H2,1-2H3. The summed E-state index contributed by atoms with van der Waals surface area (Å²) in [5.41, 5.74) is 1.92. The van der Waals surface area contributed by atoms with E-state index in [9.17, 15) is 13.2 Å². The lowest BCUT2D eigenvalue weighted by Crippen LogP contribution is -2.34. The van der Waals surface area contributed by atoms with Gasteiger partial charge >= 0.3 is 6.36 Å². The molecular formula is C17H19F3N2O. The molecule has 0 aliphatic rings. The number of rotatable bonds is 6. The van der Waals surface area contributed by atoms with Crippen LogP contribution in [0, 0.1) is 0 Å². The van der Waals surface area contributed by atoms with Crippen molar-refractivity contribution >= 4 is 5.69 Å². The fourth-order valence-corrected chi connectivity index (χ4v) is 2.11. The largest absolute Gasteiger partial charge is 0.573 e. The van der Waals surface area contributed by atoms with Gasteiger partial charge in [-0.2, -0.15) is 0 Å². The molecule has 0 radical (unpaired) electrons. The Morgan fingerprint density at radius 2 is 1.65 bits per heavy atom. The number of nitrogens with zero attached hydrogens (tertiary/aromatic N) is 1. The molecule has 2 aromatic rings. The molecule has 0 saturated carbocycles. The summed E-state index contributed by atoms with van der Waals surface area (Å²) in [7, 11) is 1.98. The van der Waals surface area contributed by atoms with Crippen LogP contribution in [-0.2, 0) is 6.54 Å². The zero-order valence-electron chi connectivity index (χ0n) is 13.0. The first kappa shape index (κ1) is 17.1. The van der Waals surface area contributed by atoms with E-state index in [0.29, 0.717) is 0 Å². The number of hydrogen-bond acceptors (Lipinski definition) is 3. The molecule has 124 valence electrons. The Bertz CT molecular complexity index is 599. The molecule has 0 spiro atoms. The fourth-order valence-electron chi connectivity index (χ4n) is 2.11. The molecular weight excluding hydrogens is 305 g/mol. The van der Waals surface area contributed by atoms with Gasteiger partial charge in [0.25, 0.3) is 0 Å². The highest BCUT2D eigenvalue weighted by atomic mass is 19.4. The molecule has 23 heavy (non-hydrogen) atoms. The van der Waals surface area contributed by atoms with Crippen molar-refractivity contribution in [3.8, 4) is 5.75 Å². The highest BCUT2D eigenvalue weighted by Crippen LogP contribution is 2.24. The van der Waals surface area contributed by atoms with E-state index in [-0.39, 0.29) is 11.9 Å². The van der Waals surface area contributed by atoms with Gasteiger partial charge in [0.1, 0.15) is 5.75 Å². The van der Waals surface area contributed by atoms with E-state index in [1.807, 2.05) is 44.3 Å². The SMILES string of the molecule is CC(Nc1ccc(OC(F)(F)F)cc1)N(C)Cc1ccccc1. The van der Waals surface area contributed by atoms with E-state index in [4.69, 9.17) is 0 Å². The second-order valence-corrected chi connectivity index (χ2v) is 5.29. The summed E-state index contributed by atoms with van der Waals surface area (Å²) in [5.74, 6) is -0.228. The van der Waals surface area contributed by atoms with Crippen LogP contribution in [0.5, 0.6) is 5.75 Å². The third-order valence-corrected chi connectivity index (χ3v) is 3.40. The minimum atomic E-state index is -4.67. The van der Waals surface area contributed by atoms with Gasteiger partial charge in [-0.3, -0.25) is 4.90 Å². The molecule has 1 N–H and O–H groups in total. The summed E-state index contributed by atoms with van der Waals surface area (Å²) < 4.78 is 40.2. The second-order valence-electron chi connectivity index (χ2n) is 5.29. The van der Waals surface area contributed by atoms with Crippen molar-refractivity contribution in [2.75, 3.05) is 12.4 Å². The van der Waals surface area contributed by atoms with Crippen molar-refractivity contribution < 1.29 is 17.9 Å². The predicted molar refractivity (Wildman–Crippen MR) is 84.1 cm³/mol. The molecule has 0 bridgehead atoms. The smallest absolute Gasteiger partial charge is 0.406 e. The summed E-state index contributed by atoms with van der Waals surface area (Å²) in [6.45, 7) is 2.76. The van der Waals surface area contributed by atoms with Crippen LogP contribution in [-0.4, -0.2) is 24.5 Å². The molecule has 2 rings (SSSR count). The highest BCUT2D eigenvalue weighted by Gasteiger charge is 2.30. The van der Waals surface area contributed by atoms with E-state index in [1.165, 1.54) is 17.7 Å². The first-order chi connectivity index (χ1) is 10.8. The topological polar surface area (TPSA) is 24.5 Å². The van der Waals surface area contributed by atoms with Gasteiger partial charge in [0.05, 0.1) is 6.17 Å². The second kappa shape index (κ2) is 7.37.